The van der Waals surface area contributed by atoms with Crippen LogP contribution in [-0.2, 0) is 9.53 Å². The summed E-state index contributed by atoms with van der Waals surface area (Å²) >= 11 is 0. The third kappa shape index (κ3) is 5.77. The van der Waals surface area contributed by atoms with Crippen LogP contribution in [0, 0.1) is 5.41 Å². The van der Waals surface area contributed by atoms with Crippen LogP contribution >= 0.6 is 0 Å². The number of hydrogen-bond donors (Lipinski definition) is 1. The van der Waals surface area contributed by atoms with Gasteiger partial charge in [0.05, 0.1) is 12.2 Å². The lowest BCUT2D eigenvalue weighted by Gasteiger charge is -2.28. The molecular formula is C10H21NO2. The first kappa shape index (κ1) is 12.6. The van der Waals surface area contributed by atoms with E-state index < -0.39 is 5.41 Å². The highest BCUT2D eigenvalue weighted by Gasteiger charge is 2.23. The van der Waals surface area contributed by atoms with Gasteiger partial charge < -0.3 is 15.3 Å². The number of hydrogen-bond acceptors (Lipinski definition) is 3. The van der Waals surface area contributed by atoms with Gasteiger partial charge in [-0.05, 0) is 26.8 Å². The van der Waals surface area contributed by atoms with Gasteiger partial charge in [0.15, 0.2) is 0 Å². The van der Waals surface area contributed by atoms with Gasteiger partial charge in [0, 0.05) is 5.41 Å². The third-order valence-corrected chi connectivity index (χ3v) is 1.90. The van der Waals surface area contributed by atoms with Gasteiger partial charge in [0.2, 0.25) is 0 Å². The number of aldehydes is 1. The summed E-state index contributed by atoms with van der Waals surface area (Å²) in [7, 11) is 0. The smallest absolute Gasteiger partial charge is 0.127 e. The molecule has 3 heteroatoms. The van der Waals surface area contributed by atoms with Crippen molar-refractivity contribution in [2.75, 3.05) is 13.2 Å². The minimum atomic E-state index is -0.397. The van der Waals surface area contributed by atoms with Crippen molar-refractivity contribution in [3.05, 3.63) is 0 Å². The lowest BCUT2D eigenvalue weighted by atomic mass is 9.96. The van der Waals surface area contributed by atoms with Gasteiger partial charge in [-0.25, -0.2) is 0 Å². The van der Waals surface area contributed by atoms with Crippen LogP contribution in [-0.4, -0.2) is 25.0 Å². The first-order chi connectivity index (χ1) is 5.83. The molecule has 0 rings (SSSR count). The standard InChI is InChI=1S/C10H21NO2/c1-9(2,7-12)8-13-10(3,4)5-6-11/h7H,5-6,8,11H2,1-4H3. The molecule has 0 aliphatic heterocycles. The quantitative estimate of drug-likeness (QED) is 0.639. The van der Waals surface area contributed by atoms with E-state index in [1.165, 1.54) is 0 Å². The molecule has 2 N–H and O–H groups in total. The van der Waals surface area contributed by atoms with Crippen LogP contribution in [0.3, 0.4) is 0 Å². The van der Waals surface area contributed by atoms with E-state index in [0.717, 1.165) is 12.7 Å². The van der Waals surface area contributed by atoms with Crippen LogP contribution in [0.25, 0.3) is 0 Å². The molecule has 0 aliphatic carbocycles. The zero-order chi connectivity index (χ0) is 10.5. The number of carbonyl (C=O) groups is 1. The van der Waals surface area contributed by atoms with Crippen LogP contribution in [0.5, 0.6) is 0 Å². The Kier molecular flexibility index (Phi) is 4.57. The summed E-state index contributed by atoms with van der Waals surface area (Å²) in [6.45, 7) is 8.75. The molecule has 13 heavy (non-hydrogen) atoms. The molecule has 0 bridgehead atoms. The summed E-state index contributed by atoms with van der Waals surface area (Å²) in [5, 5.41) is 0. The van der Waals surface area contributed by atoms with E-state index in [-0.39, 0.29) is 5.60 Å². The summed E-state index contributed by atoms with van der Waals surface area (Å²) in [6, 6.07) is 0. The second-order valence-corrected chi connectivity index (χ2v) is 4.69. The summed E-state index contributed by atoms with van der Waals surface area (Å²) in [5.41, 5.74) is 4.81. The van der Waals surface area contributed by atoms with Gasteiger partial charge in [-0.1, -0.05) is 13.8 Å². The van der Waals surface area contributed by atoms with Crippen LogP contribution in [0.1, 0.15) is 34.1 Å². The van der Waals surface area contributed by atoms with Crippen LogP contribution in [0.15, 0.2) is 0 Å². The zero-order valence-corrected chi connectivity index (χ0v) is 9.09. The summed E-state index contributed by atoms with van der Waals surface area (Å²) < 4.78 is 5.61. The van der Waals surface area contributed by atoms with Crippen molar-refractivity contribution in [2.45, 2.75) is 39.7 Å². The molecular weight excluding hydrogens is 166 g/mol. The zero-order valence-electron chi connectivity index (χ0n) is 9.09. The number of nitrogens with two attached hydrogens (primary N) is 1. The van der Waals surface area contributed by atoms with Crippen LogP contribution in [0.2, 0.25) is 0 Å². The summed E-state index contributed by atoms with van der Waals surface area (Å²) in [4.78, 5) is 10.6. The largest absolute Gasteiger partial charge is 0.375 e. The molecule has 0 saturated carbocycles. The molecule has 0 amide bonds. The molecule has 0 aromatic heterocycles. The highest BCUT2D eigenvalue weighted by atomic mass is 16.5. The Labute approximate surface area is 80.6 Å². The molecule has 0 aromatic carbocycles. The van der Waals surface area contributed by atoms with E-state index in [1.54, 1.807) is 0 Å². The fraction of sp³-hybridized carbons (Fsp3) is 0.900. The van der Waals surface area contributed by atoms with Crippen molar-refractivity contribution < 1.29 is 9.53 Å². The van der Waals surface area contributed by atoms with Crippen LogP contribution in [0.4, 0.5) is 0 Å². The van der Waals surface area contributed by atoms with E-state index in [9.17, 15) is 4.79 Å². The maximum atomic E-state index is 10.6. The Morgan fingerprint density at radius 2 is 1.85 bits per heavy atom. The van der Waals surface area contributed by atoms with Crippen molar-refractivity contribution >= 4 is 6.29 Å². The summed E-state index contributed by atoms with van der Waals surface area (Å²) in [6.07, 6.45) is 1.73. The van der Waals surface area contributed by atoms with Gasteiger partial charge >= 0.3 is 0 Å². The number of rotatable bonds is 6. The normalized spacial score (nSPS) is 13.0. The molecule has 0 atom stereocenters. The average Bonchev–Trinajstić information content (AvgIpc) is 2.02. The van der Waals surface area contributed by atoms with E-state index in [4.69, 9.17) is 10.5 Å². The number of carbonyl (C=O) groups excluding carboxylic acids is 1. The Morgan fingerprint density at radius 1 is 1.31 bits per heavy atom. The lowest BCUT2D eigenvalue weighted by Crippen LogP contribution is -2.33. The molecule has 0 unspecified atom stereocenters. The fourth-order valence-electron chi connectivity index (χ4n) is 0.835. The molecule has 0 aliphatic rings. The predicted octanol–water partition coefficient (Wildman–Crippen LogP) is 1.36. The topological polar surface area (TPSA) is 52.3 Å². The molecule has 0 radical (unpaired) electrons. The summed E-state index contributed by atoms with van der Waals surface area (Å²) in [5.74, 6) is 0. The van der Waals surface area contributed by atoms with E-state index in [0.29, 0.717) is 13.2 Å². The Hall–Kier alpha value is -0.410. The predicted molar refractivity (Wildman–Crippen MR) is 53.5 cm³/mol. The maximum absolute atomic E-state index is 10.6. The molecule has 0 aromatic rings. The van der Waals surface area contributed by atoms with E-state index >= 15 is 0 Å². The highest BCUT2D eigenvalue weighted by Crippen LogP contribution is 2.19. The molecule has 0 fully saturated rings. The third-order valence-electron chi connectivity index (χ3n) is 1.90. The molecule has 0 saturated heterocycles. The van der Waals surface area contributed by atoms with Gasteiger partial charge in [0.1, 0.15) is 6.29 Å². The fourth-order valence-corrected chi connectivity index (χ4v) is 0.835. The van der Waals surface area contributed by atoms with E-state index in [1.807, 2.05) is 27.7 Å². The molecule has 78 valence electrons. The van der Waals surface area contributed by atoms with Gasteiger partial charge in [-0.3, -0.25) is 0 Å². The average molecular weight is 187 g/mol. The second-order valence-electron chi connectivity index (χ2n) is 4.69. The highest BCUT2D eigenvalue weighted by molar-refractivity contribution is 5.57. The molecule has 0 spiro atoms. The van der Waals surface area contributed by atoms with Crippen molar-refractivity contribution in [3.8, 4) is 0 Å². The SMILES string of the molecule is CC(C)(C=O)COC(C)(C)CCN. The first-order valence-corrected chi connectivity index (χ1v) is 4.63. The molecule has 0 heterocycles. The lowest BCUT2D eigenvalue weighted by molar-refractivity contribution is -0.122. The Bertz CT molecular complexity index is 164. The second kappa shape index (κ2) is 4.72. The first-order valence-electron chi connectivity index (χ1n) is 4.63. The minimum absolute atomic E-state index is 0.227. The number of ether oxygens (including phenoxy) is 1. The Morgan fingerprint density at radius 3 is 2.23 bits per heavy atom. The monoisotopic (exact) mass is 187 g/mol. The van der Waals surface area contributed by atoms with Crippen molar-refractivity contribution in [3.63, 3.8) is 0 Å². The van der Waals surface area contributed by atoms with E-state index in [2.05, 4.69) is 0 Å². The van der Waals surface area contributed by atoms with Crippen molar-refractivity contribution in [1.29, 1.82) is 0 Å². The van der Waals surface area contributed by atoms with Crippen molar-refractivity contribution in [1.82, 2.24) is 0 Å². The van der Waals surface area contributed by atoms with Gasteiger partial charge in [-0.15, -0.1) is 0 Å². The maximum Gasteiger partial charge on any atom is 0.127 e. The van der Waals surface area contributed by atoms with Gasteiger partial charge in [0.25, 0.3) is 0 Å². The van der Waals surface area contributed by atoms with Crippen LogP contribution < -0.4 is 5.73 Å². The minimum Gasteiger partial charge on any atom is -0.375 e. The molecule has 3 nitrogen and oxygen atoms in total. The van der Waals surface area contributed by atoms with Gasteiger partial charge in [-0.2, -0.15) is 0 Å². The Balaban J connectivity index is 3.93. The van der Waals surface area contributed by atoms with Crippen molar-refractivity contribution in [2.24, 2.45) is 11.1 Å².